The van der Waals surface area contributed by atoms with Crippen molar-refractivity contribution in [3.63, 3.8) is 0 Å². The summed E-state index contributed by atoms with van der Waals surface area (Å²) in [5.74, 6) is 0.780. The van der Waals surface area contributed by atoms with E-state index in [0.29, 0.717) is 5.15 Å². The molecule has 0 aliphatic carbocycles. The van der Waals surface area contributed by atoms with E-state index in [-0.39, 0.29) is 0 Å². The van der Waals surface area contributed by atoms with Crippen LogP contribution in [0.4, 0.5) is 0 Å². The van der Waals surface area contributed by atoms with Crippen LogP contribution >= 0.6 is 11.6 Å². The first-order chi connectivity index (χ1) is 6.09. The number of aryl methyl sites for hydroxylation is 3. The van der Waals surface area contributed by atoms with Crippen LogP contribution in [0.15, 0.2) is 6.07 Å². The Kier molecular flexibility index (Phi) is 1.77. The van der Waals surface area contributed by atoms with Gasteiger partial charge in [-0.05, 0) is 19.9 Å². The van der Waals surface area contributed by atoms with Gasteiger partial charge in [0.2, 0.25) is 0 Å². The second-order valence-electron chi connectivity index (χ2n) is 3.12. The monoisotopic (exact) mass is 195 g/mol. The molecule has 0 radical (unpaired) electrons. The van der Waals surface area contributed by atoms with E-state index in [0.717, 1.165) is 22.6 Å². The van der Waals surface area contributed by atoms with Gasteiger partial charge in [-0.1, -0.05) is 11.6 Å². The van der Waals surface area contributed by atoms with Crippen molar-refractivity contribution < 1.29 is 0 Å². The minimum Gasteiger partial charge on any atom is -0.319 e. The SMILES string of the molecule is Cc1nc(C)c2cc(Cl)n(C)c2n1. The van der Waals surface area contributed by atoms with Gasteiger partial charge in [-0.3, -0.25) is 0 Å². The molecule has 0 atom stereocenters. The Bertz CT molecular complexity index is 473. The molecule has 13 heavy (non-hydrogen) atoms. The molecule has 0 spiro atoms. The number of fused-ring (bicyclic) bond motifs is 1. The summed E-state index contributed by atoms with van der Waals surface area (Å²) in [4.78, 5) is 8.60. The molecular formula is C9H10ClN3. The third-order valence-corrected chi connectivity index (χ3v) is 2.49. The summed E-state index contributed by atoms with van der Waals surface area (Å²) in [7, 11) is 1.90. The first-order valence-corrected chi connectivity index (χ1v) is 4.43. The molecule has 0 fully saturated rings. The van der Waals surface area contributed by atoms with Crippen LogP contribution in [0, 0.1) is 13.8 Å². The van der Waals surface area contributed by atoms with E-state index in [9.17, 15) is 0 Å². The first kappa shape index (κ1) is 8.51. The highest BCUT2D eigenvalue weighted by molar-refractivity contribution is 6.30. The maximum Gasteiger partial charge on any atom is 0.144 e. The predicted molar refractivity (Wildman–Crippen MR) is 53.0 cm³/mol. The van der Waals surface area contributed by atoms with Crippen molar-refractivity contribution in [2.75, 3.05) is 0 Å². The van der Waals surface area contributed by atoms with Crippen molar-refractivity contribution in [3.8, 4) is 0 Å². The number of rotatable bonds is 0. The highest BCUT2D eigenvalue weighted by Crippen LogP contribution is 2.22. The molecular weight excluding hydrogens is 186 g/mol. The van der Waals surface area contributed by atoms with Gasteiger partial charge in [0.15, 0.2) is 0 Å². The lowest BCUT2D eigenvalue weighted by Gasteiger charge is -1.99. The smallest absolute Gasteiger partial charge is 0.144 e. The molecule has 2 aromatic rings. The van der Waals surface area contributed by atoms with Crippen molar-refractivity contribution in [2.24, 2.45) is 7.05 Å². The zero-order chi connectivity index (χ0) is 9.59. The Labute approximate surface area is 81.4 Å². The minimum absolute atomic E-state index is 0.693. The zero-order valence-corrected chi connectivity index (χ0v) is 8.55. The van der Waals surface area contributed by atoms with Crippen LogP contribution in [-0.4, -0.2) is 14.5 Å². The predicted octanol–water partition coefficient (Wildman–Crippen LogP) is 2.24. The van der Waals surface area contributed by atoms with Crippen molar-refractivity contribution in [1.29, 1.82) is 0 Å². The Hall–Kier alpha value is -1.09. The summed E-state index contributed by atoms with van der Waals surface area (Å²) < 4.78 is 1.86. The molecule has 0 aromatic carbocycles. The molecule has 0 saturated heterocycles. The molecule has 68 valence electrons. The Morgan fingerprint density at radius 1 is 1.31 bits per heavy atom. The van der Waals surface area contributed by atoms with Gasteiger partial charge in [-0.2, -0.15) is 0 Å². The fraction of sp³-hybridized carbons (Fsp3) is 0.333. The lowest BCUT2D eigenvalue weighted by molar-refractivity contribution is 0.927. The van der Waals surface area contributed by atoms with Crippen molar-refractivity contribution >= 4 is 22.6 Å². The van der Waals surface area contributed by atoms with Gasteiger partial charge in [-0.25, -0.2) is 9.97 Å². The molecule has 4 heteroatoms. The molecule has 0 aliphatic heterocycles. The summed E-state index contributed by atoms with van der Waals surface area (Å²) in [6.45, 7) is 3.85. The molecule has 0 aliphatic rings. The van der Waals surface area contributed by atoms with E-state index in [1.165, 1.54) is 0 Å². The van der Waals surface area contributed by atoms with Crippen LogP contribution in [0.2, 0.25) is 5.15 Å². The molecule has 2 aromatic heterocycles. The molecule has 0 amide bonds. The van der Waals surface area contributed by atoms with Crippen LogP contribution in [0.1, 0.15) is 11.5 Å². The minimum atomic E-state index is 0.693. The summed E-state index contributed by atoms with van der Waals surface area (Å²) >= 11 is 5.97. The number of aromatic nitrogens is 3. The topological polar surface area (TPSA) is 30.7 Å². The van der Waals surface area contributed by atoms with E-state index in [1.54, 1.807) is 0 Å². The highest BCUT2D eigenvalue weighted by Gasteiger charge is 2.08. The fourth-order valence-electron chi connectivity index (χ4n) is 1.44. The van der Waals surface area contributed by atoms with Crippen molar-refractivity contribution in [3.05, 3.63) is 22.7 Å². The van der Waals surface area contributed by atoms with E-state index in [4.69, 9.17) is 11.6 Å². The summed E-state index contributed by atoms with van der Waals surface area (Å²) in [6, 6.07) is 1.89. The summed E-state index contributed by atoms with van der Waals surface area (Å²) in [6.07, 6.45) is 0. The zero-order valence-electron chi connectivity index (χ0n) is 7.80. The van der Waals surface area contributed by atoms with E-state index in [2.05, 4.69) is 9.97 Å². The third-order valence-electron chi connectivity index (χ3n) is 2.13. The van der Waals surface area contributed by atoms with E-state index in [1.807, 2.05) is 31.5 Å². The lowest BCUT2D eigenvalue weighted by Crippen LogP contribution is -1.95. The standard InChI is InChI=1S/C9H10ClN3/c1-5-7-4-8(10)13(3)9(7)12-6(2)11-5/h4H,1-3H3. The molecule has 2 rings (SSSR count). The molecule has 2 heterocycles. The summed E-state index contributed by atoms with van der Waals surface area (Å²) in [5.41, 5.74) is 1.88. The van der Waals surface area contributed by atoms with Crippen LogP contribution in [-0.2, 0) is 7.05 Å². The maximum absolute atomic E-state index is 5.97. The van der Waals surface area contributed by atoms with Crippen LogP contribution < -0.4 is 0 Å². The second-order valence-corrected chi connectivity index (χ2v) is 3.51. The normalized spacial score (nSPS) is 11.1. The Morgan fingerprint density at radius 2 is 2.00 bits per heavy atom. The van der Waals surface area contributed by atoms with Gasteiger partial charge in [0.1, 0.15) is 16.6 Å². The Morgan fingerprint density at radius 3 is 2.69 bits per heavy atom. The molecule has 0 N–H and O–H groups in total. The molecule has 0 unspecified atom stereocenters. The number of hydrogen-bond acceptors (Lipinski definition) is 2. The lowest BCUT2D eigenvalue weighted by atomic mass is 10.3. The quantitative estimate of drug-likeness (QED) is 0.646. The van der Waals surface area contributed by atoms with Crippen molar-refractivity contribution in [1.82, 2.24) is 14.5 Å². The third kappa shape index (κ3) is 1.20. The van der Waals surface area contributed by atoms with Gasteiger partial charge in [0.05, 0.1) is 5.69 Å². The average Bonchev–Trinajstić information content (AvgIpc) is 2.32. The highest BCUT2D eigenvalue weighted by atomic mass is 35.5. The van der Waals surface area contributed by atoms with Gasteiger partial charge in [0, 0.05) is 12.4 Å². The van der Waals surface area contributed by atoms with Crippen LogP contribution in [0.5, 0.6) is 0 Å². The number of nitrogens with zero attached hydrogens (tertiary/aromatic N) is 3. The fourth-order valence-corrected chi connectivity index (χ4v) is 1.63. The molecule has 0 bridgehead atoms. The van der Waals surface area contributed by atoms with Gasteiger partial charge in [-0.15, -0.1) is 0 Å². The molecule has 3 nitrogen and oxygen atoms in total. The summed E-state index contributed by atoms with van der Waals surface area (Å²) in [5, 5.41) is 1.72. The number of halogens is 1. The van der Waals surface area contributed by atoms with E-state index >= 15 is 0 Å². The van der Waals surface area contributed by atoms with Gasteiger partial charge in [0.25, 0.3) is 0 Å². The Balaban J connectivity index is 2.94. The van der Waals surface area contributed by atoms with Gasteiger partial charge < -0.3 is 4.57 Å². The van der Waals surface area contributed by atoms with Crippen LogP contribution in [0.25, 0.3) is 11.0 Å². The average molecular weight is 196 g/mol. The van der Waals surface area contributed by atoms with Gasteiger partial charge >= 0.3 is 0 Å². The second kappa shape index (κ2) is 2.70. The first-order valence-electron chi connectivity index (χ1n) is 4.06. The largest absolute Gasteiger partial charge is 0.319 e. The maximum atomic E-state index is 5.97. The van der Waals surface area contributed by atoms with Crippen molar-refractivity contribution in [2.45, 2.75) is 13.8 Å². The number of hydrogen-bond donors (Lipinski definition) is 0. The van der Waals surface area contributed by atoms with E-state index < -0.39 is 0 Å². The molecule has 0 saturated carbocycles. The van der Waals surface area contributed by atoms with Crippen LogP contribution in [0.3, 0.4) is 0 Å².